The van der Waals surface area contributed by atoms with Crippen molar-refractivity contribution in [3.8, 4) is 0 Å². The second-order valence-electron chi connectivity index (χ2n) is 4.75. The molecule has 3 heterocycles. The van der Waals surface area contributed by atoms with Crippen molar-refractivity contribution in [3.05, 3.63) is 18.2 Å². The van der Waals surface area contributed by atoms with Gasteiger partial charge >= 0.3 is 0 Å². The highest BCUT2D eigenvalue weighted by Gasteiger charge is 2.24. The van der Waals surface area contributed by atoms with Crippen molar-refractivity contribution >= 4 is 0 Å². The van der Waals surface area contributed by atoms with Crippen LogP contribution < -0.4 is 5.32 Å². The van der Waals surface area contributed by atoms with Crippen LogP contribution in [0, 0.1) is 0 Å². The molecule has 1 N–H and O–H groups in total. The highest BCUT2D eigenvalue weighted by Crippen LogP contribution is 2.28. The maximum atomic E-state index is 5.55. The molecule has 2 saturated heterocycles. The van der Waals surface area contributed by atoms with Gasteiger partial charge in [0.05, 0.1) is 24.7 Å². The molecule has 4 heteroatoms. The molecule has 0 bridgehead atoms. The molecule has 1 aromatic heterocycles. The monoisotopic (exact) mass is 221 g/mol. The van der Waals surface area contributed by atoms with Gasteiger partial charge in [0.1, 0.15) is 0 Å². The third-order valence-electron chi connectivity index (χ3n) is 3.64. The molecule has 0 aromatic carbocycles. The van der Waals surface area contributed by atoms with Gasteiger partial charge in [0.15, 0.2) is 0 Å². The Morgan fingerprint density at radius 3 is 3.12 bits per heavy atom. The fraction of sp³-hybridized carbons (Fsp3) is 0.750. The molecule has 1 unspecified atom stereocenters. The molecule has 88 valence electrons. The van der Waals surface area contributed by atoms with Gasteiger partial charge in [-0.3, -0.25) is 0 Å². The molecular weight excluding hydrogens is 202 g/mol. The minimum atomic E-state index is 0.494. The van der Waals surface area contributed by atoms with Gasteiger partial charge in [-0.25, -0.2) is 4.98 Å². The lowest BCUT2D eigenvalue weighted by atomic mass is 10.1. The molecule has 2 aliphatic rings. The lowest BCUT2D eigenvalue weighted by Crippen LogP contribution is -2.25. The Morgan fingerprint density at radius 1 is 1.38 bits per heavy atom. The van der Waals surface area contributed by atoms with Gasteiger partial charge in [0.25, 0.3) is 0 Å². The second kappa shape index (κ2) is 4.55. The minimum Gasteiger partial charge on any atom is -0.379 e. The predicted molar refractivity (Wildman–Crippen MR) is 61.3 cm³/mol. The lowest BCUT2D eigenvalue weighted by molar-refractivity contribution is 0.0578. The summed E-state index contributed by atoms with van der Waals surface area (Å²) in [5, 5.41) is 3.54. The molecule has 0 aliphatic carbocycles. The van der Waals surface area contributed by atoms with E-state index in [0.29, 0.717) is 12.1 Å². The van der Waals surface area contributed by atoms with E-state index in [9.17, 15) is 0 Å². The Labute approximate surface area is 96.0 Å². The van der Waals surface area contributed by atoms with E-state index < -0.39 is 0 Å². The van der Waals surface area contributed by atoms with Crippen molar-refractivity contribution in [2.24, 2.45) is 0 Å². The first-order valence-corrected chi connectivity index (χ1v) is 6.28. The molecule has 16 heavy (non-hydrogen) atoms. The molecule has 0 spiro atoms. The van der Waals surface area contributed by atoms with Crippen LogP contribution in [-0.2, 0) is 4.74 Å². The number of nitrogens with zero attached hydrogens (tertiary/aromatic N) is 2. The highest BCUT2D eigenvalue weighted by molar-refractivity contribution is 5.08. The van der Waals surface area contributed by atoms with E-state index in [4.69, 9.17) is 4.74 Å². The van der Waals surface area contributed by atoms with E-state index in [1.165, 1.54) is 31.4 Å². The van der Waals surface area contributed by atoms with Crippen LogP contribution in [0.15, 0.2) is 12.5 Å². The summed E-state index contributed by atoms with van der Waals surface area (Å²) in [6, 6.07) is 0.998. The van der Waals surface area contributed by atoms with E-state index in [0.717, 1.165) is 19.8 Å². The zero-order chi connectivity index (χ0) is 10.8. The predicted octanol–water partition coefficient (Wildman–Crippen LogP) is 1.66. The van der Waals surface area contributed by atoms with Crippen LogP contribution in [0.4, 0.5) is 0 Å². The number of rotatable bonds is 2. The second-order valence-corrected chi connectivity index (χ2v) is 4.75. The van der Waals surface area contributed by atoms with E-state index in [1.807, 2.05) is 12.5 Å². The fourth-order valence-electron chi connectivity index (χ4n) is 2.77. The first-order valence-electron chi connectivity index (χ1n) is 6.28. The summed E-state index contributed by atoms with van der Waals surface area (Å²) in [4.78, 5) is 4.31. The van der Waals surface area contributed by atoms with Gasteiger partial charge in [0, 0.05) is 18.8 Å². The van der Waals surface area contributed by atoms with Gasteiger partial charge in [-0.05, 0) is 32.2 Å². The summed E-state index contributed by atoms with van der Waals surface area (Å²) in [6.07, 6.45) is 8.87. The Hall–Kier alpha value is -0.870. The lowest BCUT2D eigenvalue weighted by Gasteiger charge is -2.26. The number of aromatic nitrogens is 2. The Morgan fingerprint density at radius 2 is 2.38 bits per heavy atom. The van der Waals surface area contributed by atoms with Crippen LogP contribution in [0.2, 0.25) is 0 Å². The smallest absolute Gasteiger partial charge is 0.0952 e. The van der Waals surface area contributed by atoms with Gasteiger partial charge in [0.2, 0.25) is 0 Å². The van der Waals surface area contributed by atoms with Crippen LogP contribution in [0.3, 0.4) is 0 Å². The Bertz CT molecular complexity index is 338. The normalized spacial score (nSPS) is 30.8. The molecule has 2 aliphatic heterocycles. The van der Waals surface area contributed by atoms with E-state index in [2.05, 4.69) is 14.9 Å². The highest BCUT2D eigenvalue weighted by atomic mass is 16.5. The molecule has 0 radical (unpaired) electrons. The van der Waals surface area contributed by atoms with Gasteiger partial charge < -0.3 is 14.6 Å². The average Bonchev–Trinajstić information content (AvgIpc) is 3.01. The number of imidazole rings is 1. The van der Waals surface area contributed by atoms with E-state index >= 15 is 0 Å². The van der Waals surface area contributed by atoms with Crippen molar-refractivity contribution in [1.29, 1.82) is 0 Å². The Balaban J connectivity index is 1.80. The number of hydrogen-bond acceptors (Lipinski definition) is 3. The van der Waals surface area contributed by atoms with Gasteiger partial charge in [-0.15, -0.1) is 0 Å². The molecule has 0 amide bonds. The maximum Gasteiger partial charge on any atom is 0.0952 e. The fourth-order valence-corrected chi connectivity index (χ4v) is 2.77. The van der Waals surface area contributed by atoms with E-state index in [1.54, 1.807) is 0 Å². The molecule has 0 saturated carbocycles. The van der Waals surface area contributed by atoms with Crippen molar-refractivity contribution in [3.63, 3.8) is 0 Å². The quantitative estimate of drug-likeness (QED) is 0.825. The van der Waals surface area contributed by atoms with Crippen molar-refractivity contribution in [1.82, 2.24) is 14.9 Å². The molecule has 3 rings (SSSR count). The summed E-state index contributed by atoms with van der Waals surface area (Å²) < 4.78 is 7.88. The molecular formula is C12H19N3O. The third-order valence-corrected chi connectivity index (χ3v) is 3.64. The van der Waals surface area contributed by atoms with Crippen LogP contribution in [-0.4, -0.2) is 29.3 Å². The zero-order valence-corrected chi connectivity index (χ0v) is 9.56. The van der Waals surface area contributed by atoms with Crippen LogP contribution >= 0.6 is 0 Å². The average molecular weight is 221 g/mol. The van der Waals surface area contributed by atoms with Crippen molar-refractivity contribution < 1.29 is 4.74 Å². The number of ether oxygens (including phenoxy) is 1. The van der Waals surface area contributed by atoms with Crippen LogP contribution in [0.1, 0.15) is 43.5 Å². The molecule has 4 nitrogen and oxygen atoms in total. The first-order chi connectivity index (χ1) is 7.95. The largest absolute Gasteiger partial charge is 0.379 e. The van der Waals surface area contributed by atoms with Crippen molar-refractivity contribution in [2.75, 3.05) is 19.8 Å². The summed E-state index contributed by atoms with van der Waals surface area (Å²) in [5.41, 5.74) is 1.34. The maximum absolute atomic E-state index is 5.55. The topological polar surface area (TPSA) is 39.1 Å². The number of hydrogen-bond donors (Lipinski definition) is 1. The van der Waals surface area contributed by atoms with Crippen molar-refractivity contribution in [2.45, 2.75) is 37.8 Å². The molecule has 2 atom stereocenters. The van der Waals surface area contributed by atoms with Crippen LogP contribution in [0.5, 0.6) is 0 Å². The molecule has 2 fully saturated rings. The summed E-state index contributed by atoms with van der Waals surface area (Å²) in [7, 11) is 0. The minimum absolute atomic E-state index is 0.494. The summed E-state index contributed by atoms with van der Waals surface area (Å²) in [6.45, 7) is 2.90. The standard InChI is InChI=1S/C12H19N3O/c1-4-11(14-5-1)12-7-13-9-15(12)10-3-2-6-16-8-10/h7,9-11,14H,1-6,8H2/t10?,11-/m0/s1. The van der Waals surface area contributed by atoms with Gasteiger partial charge in [-0.2, -0.15) is 0 Å². The first kappa shape index (κ1) is 10.3. The van der Waals surface area contributed by atoms with E-state index in [-0.39, 0.29) is 0 Å². The number of nitrogens with one attached hydrogen (secondary N) is 1. The summed E-state index contributed by atoms with van der Waals surface area (Å²) >= 11 is 0. The Kier molecular flexibility index (Phi) is 2.93. The van der Waals surface area contributed by atoms with Crippen LogP contribution in [0.25, 0.3) is 0 Å². The molecule has 1 aromatic rings. The third kappa shape index (κ3) is 1.87. The SMILES string of the molecule is c1ncn(C2CCCOC2)c1[C@@H]1CCCN1. The zero-order valence-electron chi connectivity index (χ0n) is 9.56. The van der Waals surface area contributed by atoms with Gasteiger partial charge in [-0.1, -0.05) is 0 Å². The summed E-state index contributed by atoms with van der Waals surface area (Å²) in [5.74, 6) is 0.